The Morgan fingerprint density at radius 1 is 1.29 bits per heavy atom. The molecule has 2 rings (SSSR count). The second kappa shape index (κ2) is 5.30. The quantitative estimate of drug-likeness (QED) is 0.904. The van der Waals surface area contributed by atoms with Crippen LogP contribution in [0.4, 0.5) is 0 Å². The Morgan fingerprint density at radius 3 is 2.53 bits per heavy atom. The van der Waals surface area contributed by atoms with E-state index in [9.17, 15) is 4.79 Å². The molecule has 6 heteroatoms. The number of rotatable bonds is 4. The minimum atomic E-state index is -0.959. The molecule has 0 saturated heterocycles. The molecule has 0 aromatic carbocycles. The van der Waals surface area contributed by atoms with E-state index in [2.05, 4.69) is 15.9 Å². The lowest BCUT2D eigenvalue weighted by Gasteiger charge is -2.02. The molecule has 0 fully saturated rings. The van der Waals surface area contributed by atoms with Crippen LogP contribution in [0.2, 0.25) is 0 Å². The molecule has 3 N–H and O–H groups in total. The first-order valence-corrected chi connectivity index (χ1v) is 7.31. The summed E-state index contributed by atoms with van der Waals surface area (Å²) >= 11 is 6.67. The molecule has 0 bridgehead atoms. The summed E-state index contributed by atoms with van der Waals surface area (Å²) in [6, 6.07) is 7.17. The van der Waals surface area contributed by atoms with E-state index in [1.165, 1.54) is 4.88 Å². The van der Waals surface area contributed by atoms with Gasteiger partial charge in [0.1, 0.15) is 6.04 Å². The van der Waals surface area contributed by atoms with Crippen LogP contribution in [0.25, 0.3) is 9.75 Å². The molecule has 90 valence electrons. The zero-order valence-corrected chi connectivity index (χ0v) is 11.9. The fraction of sp³-hybridized carbons (Fsp3) is 0.182. The number of hydrogen-bond donors (Lipinski definition) is 2. The van der Waals surface area contributed by atoms with Crippen molar-refractivity contribution in [2.75, 3.05) is 0 Å². The average Bonchev–Trinajstić information content (AvgIpc) is 2.86. The zero-order valence-electron chi connectivity index (χ0n) is 8.72. The summed E-state index contributed by atoms with van der Waals surface area (Å²) in [5, 5.41) is 8.75. The van der Waals surface area contributed by atoms with Gasteiger partial charge in [-0.3, -0.25) is 4.79 Å². The first-order chi connectivity index (χ1) is 8.06. The Labute approximate surface area is 115 Å². The van der Waals surface area contributed by atoms with Crippen LogP contribution in [0.1, 0.15) is 4.88 Å². The fourth-order valence-corrected chi connectivity index (χ4v) is 3.91. The lowest BCUT2D eigenvalue weighted by Crippen LogP contribution is -2.31. The summed E-state index contributed by atoms with van der Waals surface area (Å²) < 4.78 is 1.09. The van der Waals surface area contributed by atoms with Crippen molar-refractivity contribution in [1.29, 1.82) is 0 Å². The lowest BCUT2D eigenvalue weighted by molar-refractivity contribution is -0.138. The predicted molar refractivity (Wildman–Crippen MR) is 74.6 cm³/mol. The highest BCUT2D eigenvalue weighted by molar-refractivity contribution is 9.11. The first-order valence-electron chi connectivity index (χ1n) is 4.89. The predicted octanol–water partition coefficient (Wildman–Crippen LogP) is 3.19. The van der Waals surface area contributed by atoms with E-state index in [0.717, 1.165) is 13.5 Å². The van der Waals surface area contributed by atoms with Crippen molar-refractivity contribution in [2.45, 2.75) is 12.5 Å². The van der Waals surface area contributed by atoms with E-state index >= 15 is 0 Å². The van der Waals surface area contributed by atoms with Gasteiger partial charge in [0, 0.05) is 21.1 Å². The van der Waals surface area contributed by atoms with Gasteiger partial charge in [-0.05, 0) is 40.2 Å². The lowest BCUT2D eigenvalue weighted by atomic mass is 10.2. The highest BCUT2D eigenvalue weighted by Crippen LogP contribution is 2.35. The standard InChI is InChI=1S/C11H10BrNO2S2/c12-10-4-3-9(17-10)8-2-1-6(16-8)5-7(13)11(14)15/h1-4,7H,5,13H2,(H,14,15). The SMILES string of the molecule is NC(Cc1ccc(-c2ccc(Br)s2)s1)C(=O)O. The maximum atomic E-state index is 10.7. The van der Waals surface area contributed by atoms with Crippen molar-refractivity contribution in [3.8, 4) is 9.75 Å². The Balaban J connectivity index is 2.13. The topological polar surface area (TPSA) is 63.3 Å². The number of carboxylic acid groups (broad SMARTS) is 1. The minimum absolute atomic E-state index is 0.381. The maximum Gasteiger partial charge on any atom is 0.320 e. The number of aliphatic carboxylic acids is 1. The summed E-state index contributed by atoms with van der Waals surface area (Å²) in [7, 11) is 0. The normalized spacial score (nSPS) is 12.6. The summed E-state index contributed by atoms with van der Waals surface area (Å²) in [5.74, 6) is -0.959. The fourth-order valence-electron chi connectivity index (χ4n) is 1.37. The van der Waals surface area contributed by atoms with Gasteiger partial charge in [-0.1, -0.05) is 0 Å². The Morgan fingerprint density at radius 2 is 1.94 bits per heavy atom. The zero-order chi connectivity index (χ0) is 12.4. The molecule has 0 spiro atoms. The summed E-state index contributed by atoms with van der Waals surface area (Å²) in [5.41, 5.74) is 5.50. The molecule has 0 aliphatic carbocycles. The van der Waals surface area contributed by atoms with Crippen LogP contribution >= 0.6 is 38.6 Å². The van der Waals surface area contributed by atoms with Crippen molar-refractivity contribution in [1.82, 2.24) is 0 Å². The highest BCUT2D eigenvalue weighted by atomic mass is 79.9. The first kappa shape index (κ1) is 12.8. The number of nitrogens with two attached hydrogens (primary N) is 1. The van der Waals surface area contributed by atoms with Gasteiger partial charge in [-0.2, -0.15) is 0 Å². The van der Waals surface area contributed by atoms with Crippen molar-refractivity contribution in [2.24, 2.45) is 5.73 Å². The van der Waals surface area contributed by atoms with E-state index in [1.807, 2.05) is 24.3 Å². The van der Waals surface area contributed by atoms with E-state index in [-0.39, 0.29) is 0 Å². The van der Waals surface area contributed by atoms with Gasteiger partial charge in [0.15, 0.2) is 0 Å². The van der Waals surface area contributed by atoms with Gasteiger partial charge in [0.05, 0.1) is 3.79 Å². The van der Waals surface area contributed by atoms with Gasteiger partial charge < -0.3 is 10.8 Å². The van der Waals surface area contributed by atoms with E-state index in [1.54, 1.807) is 22.7 Å². The third-order valence-corrected chi connectivity index (χ3v) is 5.14. The third-order valence-electron chi connectivity index (χ3n) is 2.22. The second-order valence-electron chi connectivity index (χ2n) is 3.52. The number of thiophene rings is 2. The van der Waals surface area contributed by atoms with E-state index < -0.39 is 12.0 Å². The van der Waals surface area contributed by atoms with Crippen LogP contribution in [0.5, 0.6) is 0 Å². The van der Waals surface area contributed by atoms with Gasteiger partial charge in [0.25, 0.3) is 0 Å². The maximum absolute atomic E-state index is 10.7. The Kier molecular flexibility index (Phi) is 3.98. The number of carboxylic acids is 1. The van der Waals surface area contributed by atoms with Crippen LogP contribution in [0.15, 0.2) is 28.1 Å². The highest BCUT2D eigenvalue weighted by Gasteiger charge is 2.14. The summed E-state index contributed by atoms with van der Waals surface area (Å²) in [4.78, 5) is 14.0. The van der Waals surface area contributed by atoms with Crippen LogP contribution < -0.4 is 5.73 Å². The minimum Gasteiger partial charge on any atom is -0.480 e. The molecule has 2 aromatic rings. The van der Waals surface area contributed by atoms with Crippen molar-refractivity contribution < 1.29 is 9.90 Å². The number of halogens is 1. The molecule has 1 unspecified atom stereocenters. The molecule has 0 saturated carbocycles. The third kappa shape index (κ3) is 3.16. The number of hydrogen-bond acceptors (Lipinski definition) is 4. The molecule has 0 aliphatic rings. The second-order valence-corrected chi connectivity index (χ2v) is 7.15. The van der Waals surface area contributed by atoms with Gasteiger partial charge in [0.2, 0.25) is 0 Å². The summed E-state index contributed by atoms with van der Waals surface area (Å²) in [6.45, 7) is 0. The molecule has 0 radical (unpaired) electrons. The molecule has 2 aromatic heterocycles. The van der Waals surface area contributed by atoms with Gasteiger partial charge >= 0.3 is 5.97 Å². The number of carbonyl (C=O) groups is 1. The molecular formula is C11H10BrNO2S2. The van der Waals surface area contributed by atoms with Crippen LogP contribution in [0.3, 0.4) is 0 Å². The van der Waals surface area contributed by atoms with Crippen LogP contribution in [0, 0.1) is 0 Å². The molecule has 3 nitrogen and oxygen atoms in total. The molecule has 0 aliphatic heterocycles. The van der Waals surface area contributed by atoms with Crippen LogP contribution in [-0.2, 0) is 11.2 Å². The van der Waals surface area contributed by atoms with Crippen molar-refractivity contribution in [3.05, 3.63) is 32.9 Å². The molecular weight excluding hydrogens is 322 g/mol. The molecule has 2 heterocycles. The Hall–Kier alpha value is -0.690. The smallest absolute Gasteiger partial charge is 0.320 e. The molecule has 0 amide bonds. The average molecular weight is 332 g/mol. The van der Waals surface area contributed by atoms with E-state index in [0.29, 0.717) is 6.42 Å². The summed E-state index contributed by atoms with van der Waals surface area (Å²) in [6.07, 6.45) is 0.381. The van der Waals surface area contributed by atoms with Gasteiger partial charge in [-0.15, -0.1) is 22.7 Å². The van der Waals surface area contributed by atoms with Crippen molar-refractivity contribution >= 4 is 44.6 Å². The van der Waals surface area contributed by atoms with Crippen LogP contribution in [-0.4, -0.2) is 17.1 Å². The van der Waals surface area contributed by atoms with E-state index in [4.69, 9.17) is 10.8 Å². The monoisotopic (exact) mass is 331 g/mol. The van der Waals surface area contributed by atoms with Crippen molar-refractivity contribution in [3.63, 3.8) is 0 Å². The van der Waals surface area contributed by atoms with Gasteiger partial charge in [-0.25, -0.2) is 0 Å². The molecule has 17 heavy (non-hydrogen) atoms. The largest absolute Gasteiger partial charge is 0.480 e. The Bertz CT molecular complexity index is 535. The molecule has 1 atom stereocenters.